The largest absolute Gasteiger partial charge is 0.494 e. The molecule has 196 valence electrons. The molecule has 1 amide bonds. The molecular weight excluding hydrogens is 534 g/mol. The Bertz CT molecular complexity index is 1510. The lowest BCUT2D eigenvalue weighted by atomic mass is 10.0. The molecule has 0 spiro atoms. The topological polar surface area (TPSA) is 93.1 Å². The molecule has 8 nitrogen and oxygen atoms in total. The van der Waals surface area contributed by atoms with Crippen molar-refractivity contribution in [2.24, 2.45) is 0 Å². The van der Waals surface area contributed by atoms with E-state index in [1.807, 2.05) is 6.92 Å². The molecule has 0 bridgehead atoms. The van der Waals surface area contributed by atoms with Crippen LogP contribution in [0.3, 0.4) is 0 Å². The van der Waals surface area contributed by atoms with Crippen LogP contribution in [0.15, 0.2) is 36.7 Å². The van der Waals surface area contributed by atoms with Gasteiger partial charge in [0.25, 0.3) is 12.3 Å². The van der Waals surface area contributed by atoms with Crippen LogP contribution in [0.5, 0.6) is 5.75 Å². The number of thiazole rings is 1. The fourth-order valence-corrected chi connectivity index (χ4v) is 5.52. The third-order valence-corrected chi connectivity index (χ3v) is 7.38. The predicted octanol–water partition coefficient (Wildman–Crippen LogP) is 5.98. The molecule has 1 aliphatic heterocycles. The van der Waals surface area contributed by atoms with E-state index in [1.54, 1.807) is 25.1 Å². The molecule has 0 saturated heterocycles. The molecule has 5 heterocycles. The molecule has 4 aromatic rings. The van der Waals surface area contributed by atoms with E-state index in [1.165, 1.54) is 36.9 Å². The summed E-state index contributed by atoms with van der Waals surface area (Å²) in [5.74, 6) is 0.126. The summed E-state index contributed by atoms with van der Waals surface area (Å²) >= 11 is 7.53. The Balaban J connectivity index is 1.31. The monoisotopic (exact) mass is 556 g/mol. The van der Waals surface area contributed by atoms with Crippen LogP contribution in [0, 0.1) is 13.8 Å². The summed E-state index contributed by atoms with van der Waals surface area (Å²) in [7, 11) is 1.53. The van der Waals surface area contributed by atoms with Crippen molar-refractivity contribution in [3.63, 3.8) is 0 Å². The Morgan fingerprint density at radius 1 is 1.16 bits per heavy atom. The zero-order chi connectivity index (χ0) is 27.0. The van der Waals surface area contributed by atoms with Crippen molar-refractivity contribution in [3.05, 3.63) is 80.6 Å². The number of alkyl halides is 2. The average molecular weight is 557 g/mol. The third-order valence-electron chi connectivity index (χ3n) is 6.17. The summed E-state index contributed by atoms with van der Waals surface area (Å²) in [6, 6.07) is 6.52. The Kier molecular flexibility index (Phi) is 7.33. The number of methoxy groups -OCH3 is 1. The van der Waals surface area contributed by atoms with Crippen LogP contribution in [0.25, 0.3) is 11.1 Å². The SMILES string of the molecule is COc1cnc(Cl)cc1-c1cc(C)ncc1C(=O)Nc1nc2c(s1)CN(Cc1ccc(C(F)F)c(C)n1)C2. The van der Waals surface area contributed by atoms with Gasteiger partial charge in [0, 0.05) is 58.8 Å². The van der Waals surface area contributed by atoms with Gasteiger partial charge in [-0.05, 0) is 38.1 Å². The van der Waals surface area contributed by atoms with Crippen LogP contribution in [0.1, 0.15) is 50.0 Å². The van der Waals surface area contributed by atoms with Crippen LogP contribution in [0.2, 0.25) is 5.15 Å². The highest BCUT2D eigenvalue weighted by atomic mass is 35.5. The molecule has 4 aromatic heterocycles. The van der Waals surface area contributed by atoms with Crippen LogP contribution in [-0.4, -0.2) is 37.9 Å². The van der Waals surface area contributed by atoms with Crippen LogP contribution < -0.4 is 10.1 Å². The van der Waals surface area contributed by atoms with Gasteiger partial charge in [0.05, 0.1) is 30.3 Å². The van der Waals surface area contributed by atoms with Crippen molar-refractivity contribution in [3.8, 4) is 16.9 Å². The van der Waals surface area contributed by atoms with Gasteiger partial charge in [0.15, 0.2) is 5.13 Å². The van der Waals surface area contributed by atoms with E-state index in [-0.39, 0.29) is 16.6 Å². The number of rotatable bonds is 7. The first-order chi connectivity index (χ1) is 18.2. The molecule has 1 N–H and O–H groups in total. The normalized spacial score (nSPS) is 13.1. The average Bonchev–Trinajstić information content (AvgIpc) is 3.41. The summed E-state index contributed by atoms with van der Waals surface area (Å²) in [4.78, 5) is 33.8. The predicted molar refractivity (Wildman–Crippen MR) is 141 cm³/mol. The van der Waals surface area contributed by atoms with E-state index in [4.69, 9.17) is 16.3 Å². The first-order valence-electron chi connectivity index (χ1n) is 11.6. The van der Waals surface area contributed by atoms with E-state index in [0.29, 0.717) is 52.9 Å². The van der Waals surface area contributed by atoms with Crippen molar-refractivity contribution in [1.82, 2.24) is 24.8 Å². The van der Waals surface area contributed by atoms with Crippen molar-refractivity contribution < 1.29 is 18.3 Å². The number of aryl methyl sites for hydroxylation is 2. The molecule has 12 heteroatoms. The number of pyridine rings is 3. The molecule has 0 aliphatic carbocycles. The molecule has 0 aromatic carbocycles. The molecule has 1 aliphatic rings. The minimum absolute atomic E-state index is 0.0475. The number of carbonyl (C=O) groups is 1. The number of nitrogens with zero attached hydrogens (tertiary/aromatic N) is 5. The fraction of sp³-hybridized carbons (Fsp3) is 0.269. The number of ether oxygens (including phenoxy) is 1. The van der Waals surface area contributed by atoms with E-state index >= 15 is 0 Å². The minimum Gasteiger partial charge on any atom is -0.494 e. The molecule has 0 unspecified atom stereocenters. The highest BCUT2D eigenvalue weighted by Crippen LogP contribution is 2.35. The third kappa shape index (κ3) is 5.35. The maximum atomic E-state index is 13.3. The second-order valence-corrected chi connectivity index (χ2v) is 10.3. The van der Waals surface area contributed by atoms with Crippen molar-refractivity contribution in [1.29, 1.82) is 0 Å². The van der Waals surface area contributed by atoms with Gasteiger partial charge in [-0.15, -0.1) is 11.3 Å². The number of hydrogen-bond donors (Lipinski definition) is 1. The standard InChI is InChI=1S/C26H23ClF2N6O2S/c1-13-6-17(18-7-23(27)31-9-21(18)37-3)19(8-30-13)25(36)34-26-33-20-11-35(12-22(20)38-26)10-15-4-5-16(24(28)29)14(2)32-15/h4-9,24H,10-12H2,1-3H3,(H,33,34,36). The maximum Gasteiger partial charge on any atom is 0.265 e. The van der Waals surface area contributed by atoms with E-state index < -0.39 is 6.43 Å². The van der Waals surface area contributed by atoms with Crippen molar-refractivity contribution in [2.75, 3.05) is 12.4 Å². The molecule has 5 rings (SSSR count). The summed E-state index contributed by atoms with van der Waals surface area (Å²) in [5.41, 5.74) is 4.21. The summed E-state index contributed by atoms with van der Waals surface area (Å²) in [5, 5.41) is 3.66. The summed E-state index contributed by atoms with van der Waals surface area (Å²) in [6.07, 6.45) is 0.492. The molecule has 0 saturated carbocycles. The Hall–Kier alpha value is -3.54. The quantitative estimate of drug-likeness (QED) is 0.280. The van der Waals surface area contributed by atoms with Crippen LogP contribution in [-0.2, 0) is 19.6 Å². The zero-order valence-corrected chi connectivity index (χ0v) is 22.3. The molecule has 0 atom stereocenters. The van der Waals surface area contributed by atoms with Gasteiger partial charge in [0.2, 0.25) is 0 Å². The Labute approximate surface area is 226 Å². The smallest absolute Gasteiger partial charge is 0.265 e. The number of anilines is 1. The second kappa shape index (κ2) is 10.7. The van der Waals surface area contributed by atoms with Gasteiger partial charge in [-0.1, -0.05) is 11.6 Å². The van der Waals surface area contributed by atoms with Crippen molar-refractivity contribution >= 4 is 34.0 Å². The minimum atomic E-state index is -2.54. The van der Waals surface area contributed by atoms with Gasteiger partial charge in [0.1, 0.15) is 10.9 Å². The lowest BCUT2D eigenvalue weighted by Gasteiger charge is -2.15. The van der Waals surface area contributed by atoms with Gasteiger partial charge < -0.3 is 4.74 Å². The first kappa shape index (κ1) is 26.1. The Morgan fingerprint density at radius 3 is 2.68 bits per heavy atom. The number of hydrogen-bond acceptors (Lipinski definition) is 8. The molecular formula is C26H23ClF2N6O2S. The summed E-state index contributed by atoms with van der Waals surface area (Å²) < 4.78 is 31.5. The fourth-order valence-electron chi connectivity index (χ4n) is 4.36. The van der Waals surface area contributed by atoms with Gasteiger partial charge in [-0.25, -0.2) is 18.7 Å². The number of amides is 1. The lowest BCUT2D eigenvalue weighted by Crippen LogP contribution is -2.18. The molecule has 38 heavy (non-hydrogen) atoms. The lowest BCUT2D eigenvalue weighted by molar-refractivity contribution is 0.102. The van der Waals surface area contributed by atoms with Gasteiger partial charge in [-0.2, -0.15) is 0 Å². The zero-order valence-electron chi connectivity index (χ0n) is 20.8. The number of halogens is 3. The summed E-state index contributed by atoms with van der Waals surface area (Å²) in [6.45, 7) is 5.15. The van der Waals surface area contributed by atoms with Crippen LogP contribution >= 0.6 is 22.9 Å². The highest BCUT2D eigenvalue weighted by molar-refractivity contribution is 7.15. The number of fused-ring (bicyclic) bond motifs is 1. The molecule has 0 fully saturated rings. The van der Waals surface area contributed by atoms with E-state index in [9.17, 15) is 13.6 Å². The molecule has 0 radical (unpaired) electrons. The Morgan fingerprint density at radius 2 is 1.97 bits per heavy atom. The second-order valence-electron chi connectivity index (χ2n) is 8.84. The van der Waals surface area contributed by atoms with Gasteiger partial charge >= 0.3 is 0 Å². The maximum absolute atomic E-state index is 13.3. The van der Waals surface area contributed by atoms with E-state index in [2.05, 4.69) is 30.2 Å². The highest BCUT2D eigenvalue weighted by Gasteiger charge is 2.26. The van der Waals surface area contributed by atoms with Crippen molar-refractivity contribution in [2.45, 2.75) is 39.9 Å². The number of carbonyl (C=O) groups excluding carboxylic acids is 1. The number of nitrogens with one attached hydrogen (secondary N) is 1. The number of aromatic nitrogens is 4. The van der Waals surface area contributed by atoms with E-state index in [0.717, 1.165) is 22.0 Å². The first-order valence-corrected chi connectivity index (χ1v) is 12.8. The van der Waals surface area contributed by atoms with Crippen LogP contribution in [0.4, 0.5) is 13.9 Å². The van der Waals surface area contributed by atoms with Gasteiger partial charge in [-0.3, -0.25) is 25.0 Å².